The first-order chi connectivity index (χ1) is 16.9. The van der Waals surface area contributed by atoms with Crippen molar-refractivity contribution in [2.24, 2.45) is 0 Å². The summed E-state index contributed by atoms with van der Waals surface area (Å²) in [6, 6.07) is 23.2. The molecule has 8 heteroatoms. The van der Waals surface area contributed by atoms with Crippen molar-refractivity contribution in [3.63, 3.8) is 0 Å². The molecular weight excluding hydrogens is 462 g/mol. The van der Waals surface area contributed by atoms with Crippen molar-refractivity contribution in [3.05, 3.63) is 90.0 Å². The van der Waals surface area contributed by atoms with E-state index in [-0.39, 0.29) is 10.8 Å². The van der Waals surface area contributed by atoms with Gasteiger partial charge in [0.15, 0.2) is 0 Å². The Balaban J connectivity index is 1.31. The van der Waals surface area contributed by atoms with Gasteiger partial charge in [0, 0.05) is 45.3 Å². The van der Waals surface area contributed by atoms with E-state index in [1.165, 1.54) is 29.0 Å². The fourth-order valence-corrected chi connectivity index (χ4v) is 5.34. The molecule has 1 aliphatic heterocycles. The zero-order valence-corrected chi connectivity index (χ0v) is 20.9. The van der Waals surface area contributed by atoms with Crippen LogP contribution in [0.5, 0.6) is 5.75 Å². The Morgan fingerprint density at radius 1 is 0.886 bits per heavy atom. The number of nitrogens with zero attached hydrogens (tertiary/aromatic N) is 3. The quantitative estimate of drug-likeness (QED) is 0.480. The van der Waals surface area contributed by atoms with Crippen molar-refractivity contribution in [3.8, 4) is 5.75 Å². The predicted molar refractivity (Wildman–Crippen MR) is 138 cm³/mol. The highest BCUT2D eigenvalue weighted by Crippen LogP contribution is 2.22. The smallest absolute Gasteiger partial charge is 0.264 e. The molecule has 35 heavy (non-hydrogen) atoms. The lowest BCUT2D eigenvalue weighted by Crippen LogP contribution is -2.49. The molecule has 0 unspecified atom stereocenters. The van der Waals surface area contributed by atoms with Gasteiger partial charge in [0.2, 0.25) is 0 Å². The summed E-state index contributed by atoms with van der Waals surface area (Å²) >= 11 is 0. The largest absolute Gasteiger partial charge is 0.497 e. The third-order valence-corrected chi connectivity index (χ3v) is 8.21. The molecular formula is C27H31N3O4S. The second-order valence-electron chi connectivity index (χ2n) is 8.56. The molecule has 0 atom stereocenters. The van der Waals surface area contributed by atoms with Crippen LogP contribution in [0.4, 0.5) is 5.69 Å². The maximum absolute atomic E-state index is 13.0. The van der Waals surface area contributed by atoms with Crippen LogP contribution in [0.15, 0.2) is 83.8 Å². The topological polar surface area (TPSA) is 70.2 Å². The Hall–Kier alpha value is -3.36. The molecule has 1 fully saturated rings. The zero-order valence-electron chi connectivity index (χ0n) is 20.1. The number of carbonyl (C=O) groups excluding carboxylic acids is 1. The molecule has 0 saturated carbocycles. The van der Waals surface area contributed by atoms with E-state index in [2.05, 4.69) is 17.0 Å². The van der Waals surface area contributed by atoms with Gasteiger partial charge in [-0.05, 0) is 60.5 Å². The molecule has 1 amide bonds. The number of anilines is 1. The van der Waals surface area contributed by atoms with Gasteiger partial charge in [-0.2, -0.15) is 0 Å². The third kappa shape index (κ3) is 5.83. The minimum absolute atomic E-state index is 0.0693. The molecule has 0 bridgehead atoms. The van der Waals surface area contributed by atoms with Crippen molar-refractivity contribution in [2.75, 3.05) is 51.2 Å². The molecule has 3 aromatic carbocycles. The van der Waals surface area contributed by atoms with Gasteiger partial charge in [-0.25, -0.2) is 8.42 Å². The Labute approximate surface area is 207 Å². The normalized spacial score (nSPS) is 14.5. The summed E-state index contributed by atoms with van der Waals surface area (Å²) in [7, 11) is -0.516. The average Bonchev–Trinajstić information content (AvgIpc) is 2.92. The molecule has 3 aromatic rings. The van der Waals surface area contributed by atoms with Crippen molar-refractivity contribution in [1.29, 1.82) is 0 Å². The van der Waals surface area contributed by atoms with E-state index >= 15 is 0 Å². The predicted octanol–water partition coefficient (Wildman–Crippen LogP) is 3.52. The first-order valence-corrected chi connectivity index (χ1v) is 13.1. The van der Waals surface area contributed by atoms with Crippen LogP contribution >= 0.6 is 0 Å². The lowest BCUT2D eigenvalue weighted by Gasteiger charge is -2.34. The Morgan fingerprint density at radius 2 is 1.51 bits per heavy atom. The molecule has 1 saturated heterocycles. The second-order valence-corrected chi connectivity index (χ2v) is 10.5. The van der Waals surface area contributed by atoms with Gasteiger partial charge < -0.3 is 9.64 Å². The van der Waals surface area contributed by atoms with E-state index in [0.717, 1.165) is 31.8 Å². The lowest BCUT2D eigenvalue weighted by atomic mass is 10.1. The number of amides is 1. The summed E-state index contributed by atoms with van der Waals surface area (Å²) in [5, 5.41) is 0. The molecule has 0 radical (unpaired) electrons. The van der Waals surface area contributed by atoms with Gasteiger partial charge in [-0.15, -0.1) is 0 Å². The Bertz CT molecular complexity index is 1220. The number of carbonyl (C=O) groups is 1. The summed E-state index contributed by atoms with van der Waals surface area (Å²) < 4.78 is 32.4. The number of hydrogen-bond donors (Lipinski definition) is 0. The van der Waals surface area contributed by atoms with Crippen LogP contribution in [0, 0.1) is 0 Å². The molecule has 0 aromatic heterocycles. The van der Waals surface area contributed by atoms with E-state index in [0.29, 0.717) is 24.3 Å². The van der Waals surface area contributed by atoms with Crippen LogP contribution in [0.2, 0.25) is 0 Å². The van der Waals surface area contributed by atoms with Crippen molar-refractivity contribution in [2.45, 2.75) is 11.3 Å². The first kappa shape index (κ1) is 24.8. The summed E-state index contributed by atoms with van der Waals surface area (Å²) in [6.07, 6.45) is 0.950. The highest BCUT2D eigenvalue weighted by molar-refractivity contribution is 7.92. The van der Waals surface area contributed by atoms with E-state index in [4.69, 9.17) is 4.74 Å². The van der Waals surface area contributed by atoms with Gasteiger partial charge in [-0.3, -0.25) is 14.0 Å². The van der Waals surface area contributed by atoms with E-state index in [9.17, 15) is 13.2 Å². The van der Waals surface area contributed by atoms with Crippen molar-refractivity contribution in [1.82, 2.24) is 9.80 Å². The fourth-order valence-electron chi connectivity index (χ4n) is 4.14. The van der Waals surface area contributed by atoms with E-state index in [1.807, 2.05) is 23.1 Å². The van der Waals surface area contributed by atoms with Gasteiger partial charge in [0.05, 0.1) is 17.7 Å². The van der Waals surface area contributed by atoms with Gasteiger partial charge in [-0.1, -0.05) is 30.3 Å². The van der Waals surface area contributed by atoms with Gasteiger partial charge in [0.1, 0.15) is 5.75 Å². The van der Waals surface area contributed by atoms with Crippen LogP contribution in [0.3, 0.4) is 0 Å². The second kappa shape index (κ2) is 10.9. The van der Waals surface area contributed by atoms with Gasteiger partial charge in [0.25, 0.3) is 15.9 Å². The average molecular weight is 494 g/mol. The summed E-state index contributed by atoms with van der Waals surface area (Å²) in [5.74, 6) is 0.787. The van der Waals surface area contributed by atoms with Crippen LogP contribution in [0.25, 0.3) is 0 Å². The van der Waals surface area contributed by atoms with Gasteiger partial charge >= 0.3 is 0 Å². The van der Waals surface area contributed by atoms with Crippen molar-refractivity contribution >= 4 is 21.6 Å². The molecule has 1 heterocycles. The lowest BCUT2D eigenvalue weighted by molar-refractivity contribution is 0.0638. The molecule has 0 N–H and O–H groups in total. The third-order valence-electron chi connectivity index (χ3n) is 6.41. The number of sulfonamides is 1. The Kier molecular flexibility index (Phi) is 7.73. The maximum atomic E-state index is 13.0. The number of rotatable bonds is 8. The highest BCUT2D eigenvalue weighted by atomic mass is 32.2. The van der Waals surface area contributed by atoms with E-state index in [1.54, 1.807) is 43.5 Å². The molecule has 184 valence electrons. The number of hydrogen-bond acceptors (Lipinski definition) is 5. The molecule has 7 nitrogen and oxygen atoms in total. The van der Waals surface area contributed by atoms with E-state index < -0.39 is 10.0 Å². The first-order valence-electron chi connectivity index (χ1n) is 11.7. The molecule has 4 rings (SSSR count). The number of methoxy groups -OCH3 is 1. The SMILES string of the molecule is COc1ccc(CCN2CCN(C(=O)c3ccc(S(=O)(=O)N(C)c4ccccc4)cc3)CC2)cc1. The fraction of sp³-hybridized carbons (Fsp3) is 0.296. The Morgan fingerprint density at radius 3 is 2.11 bits per heavy atom. The standard InChI is InChI=1S/C27H31N3O4S/c1-28(24-6-4-3-5-7-24)35(32,33)26-14-10-23(11-15-26)27(31)30-20-18-29(19-21-30)17-16-22-8-12-25(34-2)13-9-22/h3-15H,16-21H2,1-2H3. The number of ether oxygens (including phenoxy) is 1. The minimum Gasteiger partial charge on any atom is -0.497 e. The maximum Gasteiger partial charge on any atom is 0.264 e. The van der Waals surface area contributed by atoms with Crippen LogP contribution in [-0.4, -0.2) is 71.0 Å². The number of benzene rings is 3. The zero-order chi connectivity index (χ0) is 24.8. The highest BCUT2D eigenvalue weighted by Gasteiger charge is 2.24. The summed E-state index contributed by atoms with van der Waals surface area (Å²) in [6.45, 7) is 3.87. The molecule has 0 spiro atoms. The molecule has 1 aliphatic rings. The van der Waals surface area contributed by atoms with Crippen molar-refractivity contribution < 1.29 is 17.9 Å². The number of para-hydroxylation sites is 1. The molecule has 0 aliphatic carbocycles. The van der Waals surface area contributed by atoms with Crippen LogP contribution < -0.4 is 9.04 Å². The monoisotopic (exact) mass is 493 g/mol. The van der Waals surface area contributed by atoms with Crippen LogP contribution in [0.1, 0.15) is 15.9 Å². The minimum atomic E-state index is -3.71. The number of piperazine rings is 1. The summed E-state index contributed by atoms with van der Waals surface area (Å²) in [4.78, 5) is 17.4. The van der Waals surface area contributed by atoms with Crippen LogP contribution in [-0.2, 0) is 16.4 Å². The summed E-state index contributed by atoms with van der Waals surface area (Å²) in [5.41, 5.74) is 2.34.